The predicted octanol–water partition coefficient (Wildman–Crippen LogP) is -14.1. The van der Waals surface area contributed by atoms with Crippen molar-refractivity contribution in [3.8, 4) is 0 Å². The van der Waals surface area contributed by atoms with Gasteiger partial charge in [0.05, 0.1) is 39.6 Å². The zero-order valence-electron chi connectivity index (χ0n) is 35.0. The van der Waals surface area contributed by atoms with Crippen molar-refractivity contribution in [2.75, 3.05) is 39.6 Å². The first-order valence-electron chi connectivity index (χ1n) is 21.1. The van der Waals surface area contributed by atoms with E-state index in [4.69, 9.17) is 52.1 Å². The van der Waals surface area contributed by atoms with Gasteiger partial charge in [-0.3, -0.25) is 0 Å². The standard InChI is InChI=1S/C36H62O31/c37-1-7-13(42)15(44)22(51)32(59-7)57-6-12-14(43)16(45)23(52)33(63-12)65-28-9(3-39)61-35(25(54)18(28)47)67-30-11(5-41)62-36(26(55)20(30)49)66-29-10(4-40)60-34(24(53)19(29)48)64-27-8(2-38)58-31(56)21(50)17(27)46/h7-56H,1-6H2/t7-,8-,9-,10-,11-,12-,13-,14-,15+,16+,17-,18-,19-,20-,21-,22-,23-,24-,25-,26-,27-,28-,29-,30-,31?,32+,33-,34-,35-,36-/m1/s1. The van der Waals surface area contributed by atoms with Gasteiger partial charge < -0.3 is 154 Å². The molecule has 20 N–H and O–H groups in total. The summed E-state index contributed by atoms with van der Waals surface area (Å²) in [5, 5.41) is 209. The average Bonchev–Trinajstić information content (AvgIpc) is 3.32. The minimum absolute atomic E-state index is 0.753. The van der Waals surface area contributed by atoms with E-state index >= 15 is 0 Å². The van der Waals surface area contributed by atoms with E-state index in [1.54, 1.807) is 0 Å². The van der Waals surface area contributed by atoms with Crippen molar-refractivity contribution < 1.29 is 154 Å². The maximum atomic E-state index is 11.2. The van der Waals surface area contributed by atoms with E-state index in [0.717, 1.165) is 0 Å². The molecule has 6 aliphatic heterocycles. The average molecular weight is 991 g/mol. The van der Waals surface area contributed by atoms with Gasteiger partial charge in [-0.05, 0) is 0 Å². The summed E-state index contributed by atoms with van der Waals surface area (Å²) in [4.78, 5) is 0. The fourth-order valence-corrected chi connectivity index (χ4v) is 8.42. The van der Waals surface area contributed by atoms with E-state index in [9.17, 15) is 102 Å². The summed E-state index contributed by atoms with van der Waals surface area (Å²) in [6.07, 6.45) is -56.2. The maximum absolute atomic E-state index is 11.2. The Bertz CT molecular complexity index is 1500. The summed E-state index contributed by atoms with van der Waals surface area (Å²) in [6.45, 7) is -5.42. The molecule has 0 aromatic heterocycles. The minimum Gasteiger partial charge on any atom is -0.394 e. The molecule has 1 unspecified atom stereocenters. The molecule has 0 radical (unpaired) electrons. The molecular formula is C36H62O31. The zero-order chi connectivity index (χ0) is 49.3. The number of aliphatic hydroxyl groups excluding tert-OH is 20. The molecule has 67 heavy (non-hydrogen) atoms. The molecule has 31 nitrogen and oxygen atoms in total. The van der Waals surface area contributed by atoms with Gasteiger partial charge >= 0.3 is 0 Å². The molecule has 0 aromatic rings. The molecule has 30 atom stereocenters. The highest BCUT2D eigenvalue weighted by molar-refractivity contribution is 4.99. The van der Waals surface area contributed by atoms with Crippen LogP contribution in [0.1, 0.15) is 0 Å². The van der Waals surface area contributed by atoms with Gasteiger partial charge in [0.15, 0.2) is 37.7 Å². The zero-order valence-corrected chi connectivity index (χ0v) is 35.0. The van der Waals surface area contributed by atoms with Crippen LogP contribution in [0, 0.1) is 0 Å². The van der Waals surface area contributed by atoms with Gasteiger partial charge in [-0.1, -0.05) is 0 Å². The van der Waals surface area contributed by atoms with Crippen LogP contribution in [0.3, 0.4) is 0 Å². The molecule has 0 aromatic carbocycles. The number of hydrogen-bond donors (Lipinski definition) is 20. The van der Waals surface area contributed by atoms with Crippen LogP contribution in [0.4, 0.5) is 0 Å². The maximum Gasteiger partial charge on any atom is 0.187 e. The molecule has 6 rings (SSSR count). The molecule has 0 amide bonds. The van der Waals surface area contributed by atoms with Gasteiger partial charge in [-0.2, -0.15) is 0 Å². The van der Waals surface area contributed by atoms with Crippen molar-refractivity contribution in [2.45, 2.75) is 184 Å². The Morgan fingerprint density at radius 3 is 0.881 bits per heavy atom. The molecule has 6 aliphatic rings. The van der Waals surface area contributed by atoms with Gasteiger partial charge in [0.25, 0.3) is 0 Å². The lowest BCUT2D eigenvalue weighted by Gasteiger charge is -2.49. The monoisotopic (exact) mass is 990 g/mol. The first-order valence-corrected chi connectivity index (χ1v) is 21.1. The van der Waals surface area contributed by atoms with Crippen LogP contribution >= 0.6 is 0 Å². The van der Waals surface area contributed by atoms with Crippen molar-refractivity contribution in [2.24, 2.45) is 0 Å². The first-order chi connectivity index (χ1) is 31.7. The predicted molar refractivity (Wildman–Crippen MR) is 199 cm³/mol. The summed E-state index contributed by atoms with van der Waals surface area (Å²) in [5.41, 5.74) is 0. The van der Waals surface area contributed by atoms with Crippen molar-refractivity contribution in [1.29, 1.82) is 0 Å². The largest absolute Gasteiger partial charge is 0.394 e. The third kappa shape index (κ3) is 11.4. The van der Waals surface area contributed by atoms with Gasteiger partial charge in [0, 0.05) is 0 Å². The summed E-state index contributed by atoms with van der Waals surface area (Å²) < 4.78 is 60.3. The third-order valence-electron chi connectivity index (χ3n) is 12.4. The second-order valence-corrected chi connectivity index (χ2v) is 16.8. The molecule has 6 heterocycles. The Morgan fingerprint density at radius 2 is 0.522 bits per heavy atom. The molecule has 31 heteroatoms. The molecule has 0 bridgehead atoms. The quantitative estimate of drug-likeness (QED) is 0.0683. The molecule has 0 saturated carbocycles. The van der Waals surface area contributed by atoms with Gasteiger partial charge in [0.1, 0.15) is 146 Å². The normalized spacial score (nSPS) is 53.4. The van der Waals surface area contributed by atoms with Crippen LogP contribution in [0.25, 0.3) is 0 Å². The number of rotatable bonds is 16. The number of hydrogen-bond acceptors (Lipinski definition) is 31. The van der Waals surface area contributed by atoms with Gasteiger partial charge in [0.2, 0.25) is 0 Å². The number of aliphatic hydroxyl groups is 20. The smallest absolute Gasteiger partial charge is 0.187 e. The van der Waals surface area contributed by atoms with Crippen LogP contribution in [-0.2, 0) is 52.1 Å². The lowest BCUT2D eigenvalue weighted by atomic mass is 9.95. The molecular weight excluding hydrogens is 928 g/mol. The van der Waals surface area contributed by atoms with Crippen LogP contribution in [-0.4, -0.2) is 326 Å². The first kappa shape index (κ1) is 55.1. The van der Waals surface area contributed by atoms with E-state index in [1.807, 2.05) is 0 Å². The van der Waals surface area contributed by atoms with Crippen LogP contribution in [0.15, 0.2) is 0 Å². The van der Waals surface area contributed by atoms with Gasteiger partial charge in [-0.25, -0.2) is 0 Å². The molecule has 6 saturated heterocycles. The summed E-state index contributed by atoms with van der Waals surface area (Å²) in [6, 6.07) is 0. The van der Waals surface area contributed by atoms with E-state index in [0.29, 0.717) is 0 Å². The molecule has 392 valence electrons. The molecule has 6 fully saturated rings. The summed E-state index contributed by atoms with van der Waals surface area (Å²) in [7, 11) is 0. The van der Waals surface area contributed by atoms with E-state index in [1.165, 1.54) is 0 Å². The topological polar surface area (TPSA) is 506 Å². The van der Waals surface area contributed by atoms with Crippen molar-refractivity contribution >= 4 is 0 Å². The number of ether oxygens (including phenoxy) is 11. The van der Waals surface area contributed by atoms with E-state index in [-0.39, 0.29) is 0 Å². The fourth-order valence-electron chi connectivity index (χ4n) is 8.42. The van der Waals surface area contributed by atoms with E-state index < -0.39 is 224 Å². The Kier molecular flexibility index (Phi) is 19.4. The van der Waals surface area contributed by atoms with Crippen molar-refractivity contribution in [3.63, 3.8) is 0 Å². The Labute approximate surface area is 378 Å². The SMILES string of the molecule is OC[C@H]1O[C@H](OC[C@H]2O[C@H](O[C@H]3[C@H](O)[C@@H](O)[C@@H](O[C@H]4[C@H](O)[C@@H](O)[C@@H](O[C@H]5[C@H](O)[C@@H](O)[C@@H](O[C@H]6[C@H](O)[C@@H](O)C(O)O[C@@H]6CO)O[C@@H]5CO)O[C@@H]4CO)O[C@@H]3CO)[C@H](O)[C@@H](O)[C@@H]2O)[C@H](O)[C@@H](O)[C@@H]1O. The minimum atomic E-state index is -2.18. The van der Waals surface area contributed by atoms with Crippen molar-refractivity contribution in [3.05, 3.63) is 0 Å². The molecule has 0 spiro atoms. The van der Waals surface area contributed by atoms with Gasteiger partial charge in [-0.15, -0.1) is 0 Å². The Balaban J connectivity index is 1.06. The summed E-state index contributed by atoms with van der Waals surface area (Å²) in [5.74, 6) is 0. The second kappa shape index (κ2) is 23.5. The lowest BCUT2D eigenvalue weighted by Crippen LogP contribution is -2.68. The van der Waals surface area contributed by atoms with Crippen LogP contribution in [0.2, 0.25) is 0 Å². The third-order valence-corrected chi connectivity index (χ3v) is 12.4. The van der Waals surface area contributed by atoms with Crippen molar-refractivity contribution in [1.82, 2.24) is 0 Å². The second-order valence-electron chi connectivity index (χ2n) is 16.8. The van der Waals surface area contributed by atoms with E-state index in [2.05, 4.69) is 0 Å². The molecule has 0 aliphatic carbocycles. The van der Waals surface area contributed by atoms with Crippen LogP contribution in [0.5, 0.6) is 0 Å². The summed E-state index contributed by atoms with van der Waals surface area (Å²) >= 11 is 0. The Morgan fingerprint density at radius 1 is 0.254 bits per heavy atom. The fraction of sp³-hybridized carbons (Fsp3) is 1.00. The lowest BCUT2D eigenvalue weighted by molar-refractivity contribution is -0.393. The Hall–Kier alpha value is -1.24. The highest BCUT2D eigenvalue weighted by Gasteiger charge is 2.57. The highest BCUT2D eigenvalue weighted by Crippen LogP contribution is 2.36. The van der Waals surface area contributed by atoms with Crippen LogP contribution < -0.4 is 0 Å². The highest BCUT2D eigenvalue weighted by atomic mass is 16.8.